The van der Waals surface area contributed by atoms with Crippen LogP contribution in [0.2, 0.25) is 0 Å². The molecule has 0 aliphatic carbocycles. The molecule has 1 aromatic carbocycles. The average molecular weight is 312 g/mol. The molecule has 2 rings (SSSR count). The van der Waals surface area contributed by atoms with Crippen molar-refractivity contribution in [1.82, 2.24) is 4.98 Å². The number of hydrogen-bond donors (Lipinski definition) is 0. The van der Waals surface area contributed by atoms with E-state index in [-0.39, 0.29) is 10.0 Å². The van der Waals surface area contributed by atoms with Gasteiger partial charge in [0, 0.05) is 18.0 Å². The second-order valence-corrected chi connectivity index (χ2v) is 4.59. The molecule has 0 saturated heterocycles. The lowest BCUT2D eigenvalue weighted by atomic mass is 10.00. The third-order valence-electron chi connectivity index (χ3n) is 2.54. The summed E-state index contributed by atoms with van der Waals surface area (Å²) < 4.78 is 27.5. The Morgan fingerprint density at radius 2 is 2.00 bits per heavy atom. The van der Waals surface area contributed by atoms with Gasteiger partial charge in [0.25, 0.3) is 0 Å². The van der Waals surface area contributed by atoms with Crippen LogP contribution < -0.4 is 0 Å². The first-order valence-electron chi connectivity index (χ1n) is 5.11. The van der Waals surface area contributed by atoms with Crippen molar-refractivity contribution in [1.29, 1.82) is 0 Å². The van der Waals surface area contributed by atoms with Crippen LogP contribution in [-0.4, -0.2) is 10.8 Å². The third-order valence-corrected chi connectivity index (χ3v) is 3.15. The Morgan fingerprint density at radius 3 is 2.67 bits per heavy atom. The number of aromatic nitrogens is 1. The molecule has 0 unspecified atom stereocenters. The molecule has 0 fully saturated rings. The smallest absolute Gasteiger partial charge is 0.199 e. The number of nitrogens with zero attached hydrogens (tertiary/aromatic N) is 1. The van der Waals surface area contributed by atoms with Crippen LogP contribution in [0.25, 0.3) is 0 Å². The summed E-state index contributed by atoms with van der Waals surface area (Å²) in [7, 11) is 0. The molecule has 0 saturated carbocycles. The Kier molecular flexibility index (Phi) is 3.52. The van der Waals surface area contributed by atoms with Crippen LogP contribution in [0, 0.1) is 18.6 Å². The second kappa shape index (κ2) is 4.94. The molecule has 0 N–H and O–H groups in total. The second-order valence-electron chi connectivity index (χ2n) is 3.74. The Morgan fingerprint density at radius 1 is 1.28 bits per heavy atom. The lowest BCUT2D eigenvalue weighted by molar-refractivity contribution is 0.103. The molecule has 2 aromatic rings. The summed E-state index contributed by atoms with van der Waals surface area (Å²) in [4.78, 5) is 16.0. The molecule has 92 valence electrons. The van der Waals surface area contributed by atoms with Crippen molar-refractivity contribution in [3.8, 4) is 0 Å². The van der Waals surface area contributed by atoms with Gasteiger partial charge < -0.3 is 0 Å². The maximum atomic E-state index is 13.8. The van der Waals surface area contributed by atoms with Crippen molar-refractivity contribution < 1.29 is 13.6 Å². The van der Waals surface area contributed by atoms with Gasteiger partial charge in [-0.25, -0.2) is 8.78 Å². The fourth-order valence-electron chi connectivity index (χ4n) is 1.60. The number of benzene rings is 1. The van der Waals surface area contributed by atoms with Crippen molar-refractivity contribution in [2.24, 2.45) is 0 Å². The van der Waals surface area contributed by atoms with Gasteiger partial charge in [0.15, 0.2) is 11.6 Å². The van der Waals surface area contributed by atoms with E-state index in [1.54, 1.807) is 6.92 Å². The van der Waals surface area contributed by atoms with Crippen molar-refractivity contribution in [3.63, 3.8) is 0 Å². The van der Waals surface area contributed by atoms with Gasteiger partial charge in [-0.1, -0.05) is 0 Å². The van der Waals surface area contributed by atoms with Crippen LogP contribution in [0.1, 0.15) is 21.5 Å². The van der Waals surface area contributed by atoms with Crippen LogP contribution in [-0.2, 0) is 0 Å². The number of ketones is 1. The number of hydrogen-bond acceptors (Lipinski definition) is 2. The summed E-state index contributed by atoms with van der Waals surface area (Å²) >= 11 is 2.93. The van der Waals surface area contributed by atoms with Crippen LogP contribution >= 0.6 is 15.9 Å². The molecule has 0 radical (unpaired) electrons. The number of rotatable bonds is 2. The highest BCUT2D eigenvalue weighted by atomic mass is 79.9. The Labute approximate surface area is 111 Å². The van der Waals surface area contributed by atoms with Crippen molar-refractivity contribution in [2.45, 2.75) is 6.92 Å². The van der Waals surface area contributed by atoms with Crippen LogP contribution in [0.5, 0.6) is 0 Å². The Bertz CT molecular complexity index is 628. The average Bonchev–Trinajstić information content (AvgIpc) is 2.35. The minimum absolute atomic E-state index is 0.0546. The first kappa shape index (κ1) is 12.8. The SMILES string of the molecule is Cc1cnccc1C(=O)c1c(F)ccc(Br)c1F. The summed E-state index contributed by atoms with van der Waals surface area (Å²) in [6.07, 6.45) is 2.88. The first-order chi connectivity index (χ1) is 8.52. The molecule has 0 spiro atoms. The predicted molar refractivity (Wildman–Crippen MR) is 66.5 cm³/mol. The van der Waals surface area contributed by atoms with E-state index in [0.717, 1.165) is 6.07 Å². The number of carbonyl (C=O) groups is 1. The predicted octanol–water partition coefficient (Wildman–Crippen LogP) is 3.66. The maximum Gasteiger partial charge on any atom is 0.199 e. The van der Waals surface area contributed by atoms with Crippen LogP contribution in [0.3, 0.4) is 0 Å². The van der Waals surface area contributed by atoms with Gasteiger partial charge in [-0.15, -0.1) is 0 Å². The maximum absolute atomic E-state index is 13.8. The lowest BCUT2D eigenvalue weighted by Gasteiger charge is -2.07. The Balaban J connectivity index is 2.61. The summed E-state index contributed by atoms with van der Waals surface area (Å²) in [5.41, 5.74) is 0.251. The molecule has 2 nitrogen and oxygen atoms in total. The molecule has 5 heteroatoms. The van der Waals surface area contributed by atoms with E-state index in [9.17, 15) is 13.6 Å². The topological polar surface area (TPSA) is 30.0 Å². The molecule has 1 heterocycles. The van der Waals surface area contributed by atoms with Gasteiger partial charge in [-0.3, -0.25) is 9.78 Å². The number of pyridine rings is 1. The molecule has 0 amide bonds. The van der Waals surface area contributed by atoms with Gasteiger partial charge in [0.1, 0.15) is 5.82 Å². The molecular formula is C13H8BrF2NO. The molecule has 0 atom stereocenters. The van der Waals surface area contributed by atoms with Crippen molar-refractivity contribution in [2.75, 3.05) is 0 Å². The standard InChI is InChI=1S/C13H8BrF2NO/c1-7-6-17-5-4-8(7)13(18)11-10(15)3-2-9(14)12(11)16/h2-6H,1H3. The van der Waals surface area contributed by atoms with Crippen molar-refractivity contribution >= 4 is 21.7 Å². The molecule has 18 heavy (non-hydrogen) atoms. The third kappa shape index (κ3) is 2.18. The van der Waals surface area contributed by atoms with Gasteiger partial charge in [-0.05, 0) is 46.6 Å². The van der Waals surface area contributed by atoms with E-state index in [2.05, 4.69) is 20.9 Å². The molecule has 0 bridgehead atoms. The zero-order valence-electron chi connectivity index (χ0n) is 9.38. The quantitative estimate of drug-likeness (QED) is 0.626. The van der Waals surface area contributed by atoms with Gasteiger partial charge in [0.2, 0.25) is 0 Å². The summed E-state index contributed by atoms with van der Waals surface area (Å²) in [5.74, 6) is -2.46. The van der Waals surface area contributed by atoms with E-state index in [4.69, 9.17) is 0 Å². The van der Waals surface area contributed by atoms with Crippen molar-refractivity contribution in [3.05, 3.63) is 63.4 Å². The van der Waals surface area contributed by atoms with E-state index in [1.807, 2.05) is 0 Å². The minimum Gasteiger partial charge on any atom is -0.288 e. The van der Waals surface area contributed by atoms with E-state index < -0.39 is 23.0 Å². The van der Waals surface area contributed by atoms with E-state index in [0.29, 0.717) is 5.56 Å². The molecule has 0 aliphatic rings. The first-order valence-corrected chi connectivity index (χ1v) is 5.90. The highest BCUT2D eigenvalue weighted by Gasteiger charge is 2.22. The van der Waals surface area contributed by atoms with Gasteiger partial charge in [0.05, 0.1) is 10.0 Å². The fraction of sp³-hybridized carbons (Fsp3) is 0.0769. The van der Waals surface area contributed by atoms with E-state index in [1.165, 1.54) is 24.5 Å². The van der Waals surface area contributed by atoms with Gasteiger partial charge in [-0.2, -0.15) is 0 Å². The summed E-state index contributed by atoms with van der Waals surface area (Å²) in [5, 5.41) is 0. The zero-order chi connectivity index (χ0) is 13.3. The molecule has 1 aromatic heterocycles. The highest BCUT2D eigenvalue weighted by Crippen LogP contribution is 2.24. The minimum atomic E-state index is -0.892. The lowest BCUT2D eigenvalue weighted by Crippen LogP contribution is -2.09. The summed E-state index contributed by atoms with van der Waals surface area (Å²) in [6, 6.07) is 3.72. The van der Waals surface area contributed by atoms with E-state index >= 15 is 0 Å². The molecular weight excluding hydrogens is 304 g/mol. The van der Waals surface area contributed by atoms with Crippen LogP contribution in [0.4, 0.5) is 8.78 Å². The normalized spacial score (nSPS) is 10.4. The fourth-order valence-corrected chi connectivity index (χ4v) is 1.93. The number of halogens is 3. The zero-order valence-corrected chi connectivity index (χ0v) is 11.0. The number of aryl methyl sites for hydroxylation is 1. The highest BCUT2D eigenvalue weighted by molar-refractivity contribution is 9.10. The summed E-state index contributed by atoms with van der Waals surface area (Å²) in [6.45, 7) is 1.66. The largest absolute Gasteiger partial charge is 0.288 e. The number of carbonyl (C=O) groups excluding carboxylic acids is 1. The Hall–Kier alpha value is -1.62. The van der Waals surface area contributed by atoms with Crippen LogP contribution in [0.15, 0.2) is 35.1 Å². The molecule has 0 aliphatic heterocycles. The monoisotopic (exact) mass is 311 g/mol. The van der Waals surface area contributed by atoms with Gasteiger partial charge >= 0.3 is 0 Å².